The molecule has 3 aromatic rings. The molecule has 0 amide bonds. The SMILES string of the molecule is CCC[C@@H](O)c1nc2ccccc2n1CCOc1ccc(CC)cc1. The zero-order valence-electron chi connectivity index (χ0n) is 15.0. The molecular weight excluding hydrogens is 312 g/mol. The average Bonchev–Trinajstić information content (AvgIpc) is 3.01. The molecule has 0 saturated carbocycles. The Bertz CT molecular complexity index is 808. The normalized spacial score (nSPS) is 12.4. The zero-order chi connectivity index (χ0) is 17.6. The molecule has 1 atom stereocenters. The summed E-state index contributed by atoms with van der Waals surface area (Å²) in [6.07, 6.45) is 2.12. The molecule has 3 rings (SSSR count). The highest BCUT2D eigenvalue weighted by Gasteiger charge is 2.17. The van der Waals surface area contributed by atoms with E-state index in [1.54, 1.807) is 0 Å². The predicted molar refractivity (Wildman–Crippen MR) is 101 cm³/mol. The number of hydrogen-bond donors (Lipinski definition) is 1. The van der Waals surface area contributed by atoms with E-state index in [0.29, 0.717) is 19.6 Å². The Labute approximate surface area is 149 Å². The van der Waals surface area contributed by atoms with Crippen LogP contribution in [0.3, 0.4) is 0 Å². The molecule has 0 saturated heterocycles. The number of aliphatic hydroxyl groups excluding tert-OH is 1. The molecule has 0 aliphatic carbocycles. The first-order valence-electron chi connectivity index (χ1n) is 9.08. The molecule has 4 heteroatoms. The van der Waals surface area contributed by atoms with E-state index in [1.165, 1.54) is 5.56 Å². The Hall–Kier alpha value is -2.33. The van der Waals surface area contributed by atoms with Crippen molar-refractivity contribution in [2.75, 3.05) is 6.61 Å². The van der Waals surface area contributed by atoms with Gasteiger partial charge in [0.1, 0.15) is 24.3 Å². The van der Waals surface area contributed by atoms with Gasteiger partial charge >= 0.3 is 0 Å². The number of aromatic nitrogens is 2. The molecule has 0 aliphatic rings. The summed E-state index contributed by atoms with van der Waals surface area (Å²) in [5.74, 6) is 1.60. The molecule has 1 aromatic heterocycles. The summed E-state index contributed by atoms with van der Waals surface area (Å²) in [5.41, 5.74) is 3.26. The fourth-order valence-electron chi connectivity index (χ4n) is 3.06. The van der Waals surface area contributed by atoms with E-state index in [9.17, 15) is 5.11 Å². The van der Waals surface area contributed by atoms with Crippen molar-refractivity contribution in [2.24, 2.45) is 0 Å². The van der Waals surface area contributed by atoms with E-state index in [0.717, 1.165) is 35.4 Å². The van der Waals surface area contributed by atoms with Gasteiger partial charge in [-0.1, -0.05) is 44.5 Å². The predicted octanol–water partition coefficient (Wildman–Crippen LogP) is 4.51. The van der Waals surface area contributed by atoms with Crippen molar-refractivity contribution in [2.45, 2.75) is 45.8 Å². The highest BCUT2D eigenvalue weighted by atomic mass is 16.5. The number of aryl methyl sites for hydroxylation is 1. The van der Waals surface area contributed by atoms with Crippen LogP contribution in [-0.2, 0) is 13.0 Å². The second kappa shape index (κ2) is 8.17. The Morgan fingerprint density at radius 3 is 2.56 bits per heavy atom. The van der Waals surface area contributed by atoms with Crippen LogP contribution in [0.15, 0.2) is 48.5 Å². The lowest BCUT2D eigenvalue weighted by Gasteiger charge is -2.14. The molecule has 0 aliphatic heterocycles. The van der Waals surface area contributed by atoms with Gasteiger partial charge in [-0.25, -0.2) is 4.98 Å². The Kier molecular flexibility index (Phi) is 5.71. The van der Waals surface area contributed by atoms with Crippen molar-refractivity contribution in [3.05, 3.63) is 59.9 Å². The highest BCUT2D eigenvalue weighted by Crippen LogP contribution is 2.23. The first kappa shape index (κ1) is 17.5. The van der Waals surface area contributed by atoms with Gasteiger partial charge in [-0.05, 0) is 42.7 Å². The molecule has 0 spiro atoms. The van der Waals surface area contributed by atoms with Crippen LogP contribution in [0.5, 0.6) is 5.75 Å². The van der Waals surface area contributed by atoms with E-state index in [-0.39, 0.29) is 0 Å². The van der Waals surface area contributed by atoms with Gasteiger partial charge in [0.2, 0.25) is 0 Å². The third kappa shape index (κ3) is 4.02. The van der Waals surface area contributed by atoms with Gasteiger partial charge in [0.15, 0.2) is 0 Å². The first-order chi connectivity index (χ1) is 12.2. The second-order valence-electron chi connectivity index (χ2n) is 6.26. The Balaban J connectivity index is 1.75. The smallest absolute Gasteiger partial charge is 0.138 e. The molecule has 0 radical (unpaired) electrons. The fourth-order valence-corrected chi connectivity index (χ4v) is 3.06. The van der Waals surface area contributed by atoms with Crippen LogP contribution < -0.4 is 4.74 Å². The summed E-state index contributed by atoms with van der Waals surface area (Å²) in [7, 11) is 0. The summed E-state index contributed by atoms with van der Waals surface area (Å²) in [6, 6.07) is 16.2. The number of hydrogen-bond acceptors (Lipinski definition) is 3. The lowest BCUT2D eigenvalue weighted by molar-refractivity contribution is 0.151. The van der Waals surface area contributed by atoms with Crippen molar-refractivity contribution < 1.29 is 9.84 Å². The van der Waals surface area contributed by atoms with Crippen molar-refractivity contribution in [3.63, 3.8) is 0 Å². The summed E-state index contributed by atoms with van der Waals surface area (Å²) >= 11 is 0. The van der Waals surface area contributed by atoms with E-state index in [1.807, 2.05) is 36.4 Å². The molecule has 0 fully saturated rings. The van der Waals surface area contributed by atoms with Crippen LogP contribution in [-0.4, -0.2) is 21.3 Å². The number of aliphatic hydroxyl groups is 1. The monoisotopic (exact) mass is 338 g/mol. The van der Waals surface area contributed by atoms with Crippen LogP contribution in [0.2, 0.25) is 0 Å². The zero-order valence-corrected chi connectivity index (χ0v) is 15.0. The summed E-state index contributed by atoms with van der Waals surface area (Å²) in [4.78, 5) is 4.64. The Morgan fingerprint density at radius 2 is 1.84 bits per heavy atom. The van der Waals surface area contributed by atoms with Gasteiger partial charge < -0.3 is 14.4 Å². The number of imidazole rings is 1. The number of para-hydroxylation sites is 2. The van der Waals surface area contributed by atoms with Crippen LogP contribution in [0, 0.1) is 0 Å². The fraction of sp³-hybridized carbons (Fsp3) is 0.381. The Morgan fingerprint density at radius 1 is 1.08 bits per heavy atom. The van der Waals surface area contributed by atoms with E-state index in [4.69, 9.17) is 4.74 Å². The van der Waals surface area contributed by atoms with Gasteiger partial charge in [-0.3, -0.25) is 0 Å². The third-order valence-corrected chi connectivity index (χ3v) is 4.46. The molecule has 4 nitrogen and oxygen atoms in total. The number of benzene rings is 2. The minimum absolute atomic E-state index is 0.539. The number of nitrogens with zero attached hydrogens (tertiary/aromatic N) is 2. The highest BCUT2D eigenvalue weighted by molar-refractivity contribution is 5.76. The molecule has 1 heterocycles. The minimum atomic E-state index is -0.541. The summed E-state index contributed by atoms with van der Waals surface area (Å²) < 4.78 is 7.97. The topological polar surface area (TPSA) is 47.3 Å². The van der Waals surface area contributed by atoms with Crippen LogP contribution in [0.4, 0.5) is 0 Å². The van der Waals surface area contributed by atoms with Gasteiger partial charge in [0.25, 0.3) is 0 Å². The molecule has 25 heavy (non-hydrogen) atoms. The average molecular weight is 338 g/mol. The molecule has 1 N–H and O–H groups in total. The maximum absolute atomic E-state index is 10.5. The van der Waals surface area contributed by atoms with E-state index >= 15 is 0 Å². The number of rotatable bonds is 8. The van der Waals surface area contributed by atoms with Gasteiger partial charge in [0, 0.05) is 0 Å². The number of ether oxygens (including phenoxy) is 1. The molecular formula is C21H26N2O2. The molecule has 132 valence electrons. The van der Waals surface area contributed by atoms with Gasteiger partial charge in [-0.15, -0.1) is 0 Å². The van der Waals surface area contributed by atoms with Gasteiger partial charge in [-0.2, -0.15) is 0 Å². The van der Waals surface area contributed by atoms with Crippen molar-refractivity contribution in [1.82, 2.24) is 9.55 Å². The third-order valence-electron chi connectivity index (χ3n) is 4.46. The van der Waals surface area contributed by atoms with Crippen LogP contribution >= 0.6 is 0 Å². The van der Waals surface area contributed by atoms with E-state index in [2.05, 4.69) is 35.5 Å². The maximum Gasteiger partial charge on any atom is 0.138 e. The quantitative estimate of drug-likeness (QED) is 0.657. The summed E-state index contributed by atoms with van der Waals surface area (Å²) in [6.45, 7) is 5.41. The second-order valence-corrected chi connectivity index (χ2v) is 6.26. The maximum atomic E-state index is 10.5. The molecule has 0 unspecified atom stereocenters. The summed E-state index contributed by atoms with van der Waals surface area (Å²) in [5, 5.41) is 10.5. The standard InChI is InChI=1S/C21H26N2O2/c1-3-7-20(24)21-22-18-8-5-6-9-19(18)23(21)14-15-25-17-12-10-16(4-2)11-13-17/h5-6,8-13,20,24H,3-4,7,14-15H2,1-2H3/t20-/m1/s1. The van der Waals surface area contributed by atoms with Crippen LogP contribution in [0.1, 0.15) is 44.2 Å². The lowest BCUT2D eigenvalue weighted by Crippen LogP contribution is -2.14. The van der Waals surface area contributed by atoms with E-state index < -0.39 is 6.10 Å². The lowest BCUT2D eigenvalue weighted by atomic mass is 10.2. The van der Waals surface area contributed by atoms with Crippen molar-refractivity contribution in [1.29, 1.82) is 0 Å². The molecule has 0 bridgehead atoms. The minimum Gasteiger partial charge on any atom is -0.492 e. The molecule has 2 aromatic carbocycles. The van der Waals surface area contributed by atoms with Gasteiger partial charge in [0.05, 0.1) is 17.6 Å². The first-order valence-corrected chi connectivity index (χ1v) is 9.08. The largest absolute Gasteiger partial charge is 0.492 e. The van der Waals surface area contributed by atoms with Crippen LogP contribution in [0.25, 0.3) is 11.0 Å². The van der Waals surface area contributed by atoms with Crippen molar-refractivity contribution >= 4 is 11.0 Å². The number of fused-ring (bicyclic) bond motifs is 1. The van der Waals surface area contributed by atoms with Crippen molar-refractivity contribution in [3.8, 4) is 5.75 Å².